The van der Waals surface area contributed by atoms with Crippen LogP contribution in [0.4, 0.5) is 0 Å². The molecule has 0 saturated heterocycles. The van der Waals surface area contributed by atoms with E-state index in [2.05, 4.69) is 69.4 Å². The Morgan fingerprint density at radius 2 is 1.57 bits per heavy atom. The van der Waals surface area contributed by atoms with Crippen molar-refractivity contribution in [2.24, 2.45) is 0 Å². The molecular weight excluding hydrogens is 258 g/mol. The summed E-state index contributed by atoms with van der Waals surface area (Å²) in [5, 5.41) is 3.43. The van der Waals surface area contributed by atoms with Gasteiger partial charge < -0.3 is 10.1 Å². The number of para-hydroxylation sites is 1. The maximum Gasteiger partial charge on any atom is 0.127 e. The van der Waals surface area contributed by atoms with Gasteiger partial charge in [0.2, 0.25) is 0 Å². The van der Waals surface area contributed by atoms with Gasteiger partial charge in [-0.05, 0) is 31.0 Å². The lowest BCUT2D eigenvalue weighted by Crippen LogP contribution is -2.21. The van der Waals surface area contributed by atoms with Crippen LogP contribution in [0.5, 0.6) is 5.75 Å². The highest BCUT2D eigenvalue weighted by atomic mass is 16.5. The molecule has 0 saturated carbocycles. The van der Waals surface area contributed by atoms with E-state index in [0.717, 1.165) is 17.9 Å². The van der Waals surface area contributed by atoms with Gasteiger partial charge in [0.15, 0.2) is 0 Å². The molecular formula is C19H25NO. The molecule has 0 amide bonds. The number of rotatable bonds is 6. The first-order valence-corrected chi connectivity index (χ1v) is 7.64. The monoisotopic (exact) mass is 283 g/mol. The van der Waals surface area contributed by atoms with E-state index in [4.69, 9.17) is 4.74 Å². The zero-order valence-electron chi connectivity index (χ0n) is 13.4. The normalized spacial score (nSPS) is 11.1. The highest BCUT2D eigenvalue weighted by Gasteiger charge is 2.07. The standard InChI is InChI=1S/C19H25NO/c1-14(2)20-13-16-9-11-17(12-10-16)18-7-5-6-8-19(18)21-15(3)4/h5-12,14-15,20H,13H2,1-4H3. The number of hydrogen-bond acceptors (Lipinski definition) is 2. The number of ether oxygens (including phenoxy) is 1. The van der Waals surface area contributed by atoms with Crippen LogP contribution in [0.2, 0.25) is 0 Å². The third kappa shape index (κ3) is 4.61. The Bertz CT molecular complexity index is 558. The predicted octanol–water partition coefficient (Wildman–Crippen LogP) is 4.64. The number of nitrogens with one attached hydrogen (secondary N) is 1. The fourth-order valence-corrected chi connectivity index (χ4v) is 2.19. The molecule has 2 aromatic rings. The minimum Gasteiger partial charge on any atom is -0.490 e. The van der Waals surface area contributed by atoms with Crippen LogP contribution >= 0.6 is 0 Å². The molecule has 0 radical (unpaired) electrons. The Morgan fingerprint density at radius 1 is 0.905 bits per heavy atom. The summed E-state index contributed by atoms with van der Waals surface area (Å²) in [5.74, 6) is 0.945. The fraction of sp³-hybridized carbons (Fsp3) is 0.368. The van der Waals surface area contributed by atoms with Crippen molar-refractivity contribution in [2.75, 3.05) is 0 Å². The van der Waals surface area contributed by atoms with Gasteiger partial charge in [-0.25, -0.2) is 0 Å². The first-order chi connectivity index (χ1) is 10.1. The van der Waals surface area contributed by atoms with Gasteiger partial charge in [-0.3, -0.25) is 0 Å². The molecule has 0 heterocycles. The van der Waals surface area contributed by atoms with E-state index in [1.807, 2.05) is 12.1 Å². The Labute approximate surface area is 128 Å². The maximum absolute atomic E-state index is 5.90. The van der Waals surface area contributed by atoms with Crippen LogP contribution in [0.1, 0.15) is 33.3 Å². The first kappa shape index (κ1) is 15.6. The number of hydrogen-bond donors (Lipinski definition) is 1. The minimum atomic E-state index is 0.181. The summed E-state index contributed by atoms with van der Waals surface area (Å²) in [6, 6.07) is 17.4. The van der Waals surface area contributed by atoms with Crippen LogP contribution < -0.4 is 10.1 Å². The molecule has 2 aromatic carbocycles. The largest absolute Gasteiger partial charge is 0.490 e. The zero-order valence-corrected chi connectivity index (χ0v) is 13.4. The molecule has 0 aliphatic heterocycles. The summed E-state index contributed by atoms with van der Waals surface area (Å²) in [6.07, 6.45) is 0.181. The lowest BCUT2D eigenvalue weighted by molar-refractivity contribution is 0.243. The van der Waals surface area contributed by atoms with Crippen molar-refractivity contribution < 1.29 is 4.74 Å². The molecule has 0 unspecified atom stereocenters. The van der Waals surface area contributed by atoms with Gasteiger partial charge in [0, 0.05) is 18.2 Å². The van der Waals surface area contributed by atoms with Gasteiger partial charge in [0.25, 0.3) is 0 Å². The molecule has 112 valence electrons. The lowest BCUT2D eigenvalue weighted by atomic mass is 10.0. The average Bonchev–Trinajstić information content (AvgIpc) is 2.46. The molecule has 2 nitrogen and oxygen atoms in total. The van der Waals surface area contributed by atoms with E-state index in [9.17, 15) is 0 Å². The quantitative estimate of drug-likeness (QED) is 0.834. The van der Waals surface area contributed by atoms with Crippen LogP contribution in [-0.4, -0.2) is 12.1 Å². The van der Waals surface area contributed by atoms with E-state index in [1.165, 1.54) is 11.1 Å². The first-order valence-electron chi connectivity index (χ1n) is 7.64. The Morgan fingerprint density at radius 3 is 2.19 bits per heavy atom. The van der Waals surface area contributed by atoms with Gasteiger partial charge >= 0.3 is 0 Å². The van der Waals surface area contributed by atoms with Gasteiger partial charge in [0.1, 0.15) is 5.75 Å². The maximum atomic E-state index is 5.90. The van der Waals surface area contributed by atoms with Crippen molar-refractivity contribution >= 4 is 0 Å². The molecule has 0 aliphatic rings. The van der Waals surface area contributed by atoms with Crippen LogP contribution in [0.25, 0.3) is 11.1 Å². The Hall–Kier alpha value is -1.80. The van der Waals surface area contributed by atoms with Crippen molar-refractivity contribution in [1.82, 2.24) is 5.32 Å². The summed E-state index contributed by atoms with van der Waals surface area (Å²) in [4.78, 5) is 0. The van der Waals surface area contributed by atoms with Crippen molar-refractivity contribution in [3.63, 3.8) is 0 Å². The highest BCUT2D eigenvalue weighted by Crippen LogP contribution is 2.30. The van der Waals surface area contributed by atoms with Crippen molar-refractivity contribution in [3.8, 4) is 16.9 Å². The second kappa shape index (κ2) is 7.28. The van der Waals surface area contributed by atoms with E-state index >= 15 is 0 Å². The molecule has 0 aliphatic carbocycles. The molecule has 2 heteroatoms. The summed E-state index contributed by atoms with van der Waals surface area (Å²) in [5.41, 5.74) is 3.64. The smallest absolute Gasteiger partial charge is 0.127 e. The third-order valence-corrected chi connectivity index (χ3v) is 3.23. The van der Waals surface area contributed by atoms with Gasteiger partial charge in [0.05, 0.1) is 6.10 Å². The Balaban J connectivity index is 2.18. The second-order valence-electron chi connectivity index (χ2n) is 5.90. The third-order valence-electron chi connectivity index (χ3n) is 3.23. The van der Waals surface area contributed by atoms with E-state index in [0.29, 0.717) is 6.04 Å². The topological polar surface area (TPSA) is 21.3 Å². The average molecular weight is 283 g/mol. The molecule has 0 aromatic heterocycles. The molecule has 0 atom stereocenters. The molecule has 21 heavy (non-hydrogen) atoms. The van der Waals surface area contributed by atoms with E-state index in [-0.39, 0.29) is 6.10 Å². The van der Waals surface area contributed by atoms with Gasteiger partial charge in [-0.15, -0.1) is 0 Å². The molecule has 2 rings (SSSR count). The van der Waals surface area contributed by atoms with Crippen molar-refractivity contribution in [3.05, 3.63) is 54.1 Å². The van der Waals surface area contributed by atoms with Crippen LogP contribution in [0.15, 0.2) is 48.5 Å². The van der Waals surface area contributed by atoms with Gasteiger partial charge in [-0.2, -0.15) is 0 Å². The summed E-state index contributed by atoms with van der Waals surface area (Å²) in [7, 11) is 0. The van der Waals surface area contributed by atoms with Crippen LogP contribution in [0, 0.1) is 0 Å². The van der Waals surface area contributed by atoms with Crippen molar-refractivity contribution in [2.45, 2.75) is 46.4 Å². The Kier molecular flexibility index (Phi) is 5.40. The van der Waals surface area contributed by atoms with E-state index < -0.39 is 0 Å². The minimum absolute atomic E-state index is 0.181. The molecule has 0 spiro atoms. The second-order valence-corrected chi connectivity index (χ2v) is 5.90. The molecule has 0 bridgehead atoms. The zero-order chi connectivity index (χ0) is 15.2. The number of benzene rings is 2. The predicted molar refractivity (Wildman–Crippen MR) is 89.6 cm³/mol. The highest BCUT2D eigenvalue weighted by molar-refractivity contribution is 5.70. The summed E-state index contributed by atoms with van der Waals surface area (Å²) in [6.45, 7) is 9.33. The van der Waals surface area contributed by atoms with Crippen LogP contribution in [0.3, 0.4) is 0 Å². The fourth-order valence-electron chi connectivity index (χ4n) is 2.19. The van der Waals surface area contributed by atoms with Gasteiger partial charge in [-0.1, -0.05) is 56.3 Å². The molecule has 1 N–H and O–H groups in total. The summed E-state index contributed by atoms with van der Waals surface area (Å²) < 4.78 is 5.90. The van der Waals surface area contributed by atoms with Crippen molar-refractivity contribution in [1.29, 1.82) is 0 Å². The van der Waals surface area contributed by atoms with Crippen LogP contribution in [-0.2, 0) is 6.54 Å². The van der Waals surface area contributed by atoms with E-state index in [1.54, 1.807) is 0 Å². The SMILES string of the molecule is CC(C)NCc1ccc(-c2ccccc2OC(C)C)cc1. The summed E-state index contributed by atoms with van der Waals surface area (Å²) >= 11 is 0. The molecule has 0 fully saturated rings. The lowest BCUT2D eigenvalue weighted by Gasteiger charge is -2.15.